The monoisotopic (exact) mass is 363 g/mol. The third-order valence-corrected chi connectivity index (χ3v) is 4.76. The van der Waals surface area contributed by atoms with Crippen LogP contribution in [0.3, 0.4) is 0 Å². The zero-order valence-corrected chi connectivity index (χ0v) is 14.3. The fraction of sp³-hybridized carbons (Fsp3) is 0.571. The lowest BCUT2D eigenvalue weighted by Gasteiger charge is -2.13. The molecule has 0 aliphatic heterocycles. The highest BCUT2D eigenvalue weighted by molar-refractivity contribution is 9.10. The second-order valence-electron chi connectivity index (χ2n) is 4.96. The Balaban J connectivity index is 2.56. The Morgan fingerprint density at radius 3 is 2.70 bits per heavy atom. The Morgan fingerprint density at radius 2 is 2.10 bits per heavy atom. The van der Waals surface area contributed by atoms with E-state index in [9.17, 15) is 8.42 Å². The van der Waals surface area contributed by atoms with E-state index >= 15 is 0 Å². The van der Waals surface area contributed by atoms with Crippen LogP contribution >= 0.6 is 15.9 Å². The van der Waals surface area contributed by atoms with Gasteiger partial charge in [0.25, 0.3) is 0 Å². The topological polar surface area (TPSA) is 69.4 Å². The van der Waals surface area contributed by atoms with Gasteiger partial charge in [-0.2, -0.15) is 0 Å². The molecule has 0 fully saturated rings. The second kappa shape index (κ2) is 8.00. The molecule has 0 radical (unpaired) electrons. The maximum atomic E-state index is 11.0. The lowest BCUT2D eigenvalue weighted by molar-refractivity contribution is 0.317. The number of sulfone groups is 1. The average Bonchev–Trinajstić information content (AvgIpc) is 2.37. The number of hydrogen-bond acceptors (Lipinski definition) is 4. The van der Waals surface area contributed by atoms with Crippen LogP contribution in [-0.2, 0) is 16.3 Å². The highest BCUT2D eigenvalue weighted by Crippen LogP contribution is 2.24. The summed E-state index contributed by atoms with van der Waals surface area (Å²) in [6.07, 6.45) is 3.44. The Labute approximate surface area is 129 Å². The van der Waals surface area contributed by atoms with Crippen LogP contribution in [0.2, 0.25) is 0 Å². The predicted octanol–water partition coefficient (Wildman–Crippen LogP) is 2.54. The summed E-state index contributed by atoms with van der Waals surface area (Å²) < 4.78 is 28.6. The molecular formula is C14H22BrNO3S. The van der Waals surface area contributed by atoms with E-state index in [1.807, 2.05) is 18.2 Å². The van der Waals surface area contributed by atoms with Crippen LogP contribution in [0.25, 0.3) is 0 Å². The molecule has 1 atom stereocenters. The van der Waals surface area contributed by atoms with Gasteiger partial charge in [0.2, 0.25) is 0 Å². The van der Waals surface area contributed by atoms with Gasteiger partial charge in [-0.25, -0.2) is 8.42 Å². The maximum absolute atomic E-state index is 11.0. The van der Waals surface area contributed by atoms with Crippen molar-refractivity contribution in [3.05, 3.63) is 28.2 Å². The van der Waals surface area contributed by atoms with Gasteiger partial charge in [0.05, 0.1) is 12.4 Å². The molecule has 0 spiro atoms. The highest BCUT2D eigenvalue weighted by atomic mass is 79.9. The standard InChI is InChI=1S/C14H22BrNO3S/c1-3-12(16)9-11-10-13(5-6-14(11)15)19-7-4-8-20(2,17)18/h5-6,10,12H,3-4,7-9,16H2,1-2H3. The minimum Gasteiger partial charge on any atom is -0.494 e. The molecule has 0 aromatic heterocycles. The van der Waals surface area contributed by atoms with Gasteiger partial charge in [0.15, 0.2) is 0 Å². The normalized spacial score (nSPS) is 13.2. The van der Waals surface area contributed by atoms with Crippen LogP contribution in [0.15, 0.2) is 22.7 Å². The SMILES string of the molecule is CCC(N)Cc1cc(OCCCS(C)(=O)=O)ccc1Br. The number of halogens is 1. The molecule has 1 rings (SSSR count). The van der Waals surface area contributed by atoms with E-state index in [0.717, 1.165) is 28.6 Å². The quantitative estimate of drug-likeness (QED) is 0.720. The fourth-order valence-corrected chi connectivity index (χ4v) is 2.79. The highest BCUT2D eigenvalue weighted by Gasteiger charge is 2.08. The molecule has 0 aliphatic rings. The molecule has 1 aromatic rings. The smallest absolute Gasteiger partial charge is 0.147 e. The third kappa shape index (κ3) is 6.72. The Morgan fingerprint density at radius 1 is 1.40 bits per heavy atom. The minimum absolute atomic E-state index is 0.131. The molecule has 0 bridgehead atoms. The molecule has 6 heteroatoms. The van der Waals surface area contributed by atoms with Crippen LogP contribution < -0.4 is 10.5 Å². The molecule has 0 heterocycles. The Hall–Kier alpha value is -0.590. The summed E-state index contributed by atoms with van der Waals surface area (Å²) in [6.45, 7) is 2.46. The van der Waals surface area contributed by atoms with Crippen LogP contribution in [0.5, 0.6) is 5.75 Å². The van der Waals surface area contributed by atoms with Crippen LogP contribution in [0.1, 0.15) is 25.3 Å². The first kappa shape index (κ1) is 17.5. The van der Waals surface area contributed by atoms with Crippen LogP contribution in [0, 0.1) is 0 Å². The number of ether oxygens (including phenoxy) is 1. The summed E-state index contributed by atoms with van der Waals surface area (Å²) in [7, 11) is -2.92. The van der Waals surface area contributed by atoms with Crippen molar-refractivity contribution in [1.82, 2.24) is 0 Å². The number of nitrogens with two attached hydrogens (primary N) is 1. The van der Waals surface area contributed by atoms with E-state index in [1.54, 1.807) is 0 Å². The number of hydrogen-bond donors (Lipinski definition) is 1. The van der Waals surface area contributed by atoms with E-state index in [2.05, 4.69) is 22.9 Å². The molecule has 0 aliphatic carbocycles. The molecule has 0 saturated heterocycles. The van der Waals surface area contributed by atoms with Crippen molar-refractivity contribution in [2.45, 2.75) is 32.2 Å². The fourth-order valence-electron chi connectivity index (χ4n) is 1.74. The maximum Gasteiger partial charge on any atom is 0.147 e. The van der Waals surface area contributed by atoms with Crippen molar-refractivity contribution in [1.29, 1.82) is 0 Å². The predicted molar refractivity (Wildman–Crippen MR) is 85.9 cm³/mol. The first-order valence-corrected chi connectivity index (χ1v) is 9.51. The van der Waals surface area contributed by atoms with Crippen LogP contribution in [-0.4, -0.2) is 33.1 Å². The summed E-state index contributed by atoms with van der Waals surface area (Å²) in [5.41, 5.74) is 7.08. The van der Waals surface area contributed by atoms with E-state index in [0.29, 0.717) is 13.0 Å². The van der Waals surface area contributed by atoms with Gasteiger partial charge in [0.1, 0.15) is 15.6 Å². The molecule has 0 saturated carbocycles. The third-order valence-electron chi connectivity index (χ3n) is 2.95. The van der Waals surface area contributed by atoms with Gasteiger partial charge in [-0.15, -0.1) is 0 Å². The molecule has 1 aromatic carbocycles. The first-order chi connectivity index (χ1) is 9.31. The van der Waals surface area contributed by atoms with E-state index < -0.39 is 9.84 Å². The van der Waals surface area contributed by atoms with Gasteiger partial charge in [-0.05, 0) is 43.0 Å². The second-order valence-corrected chi connectivity index (χ2v) is 8.07. The molecule has 2 N–H and O–H groups in total. The van der Waals surface area contributed by atoms with E-state index in [1.165, 1.54) is 6.26 Å². The van der Waals surface area contributed by atoms with Gasteiger partial charge >= 0.3 is 0 Å². The summed E-state index contributed by atoms with van der Waals surface area (Å²) in [5, 5.41) is 0. The van der Waals surface area contributed by atoms with Crippen molar-refractivity contribution in [2.75, 3.05) is 18.6 Å². The van der Waals surface area contributed by atoms with Gasteiger partial charge < -0.3 is 10.5 Å². The molecule has 114 valence electrons. The minimum atomic E-state index is -2.92. The first-order valence-electron chi connectivity index (χ1n) is 6.66. The lowest BCUT2D eigenvalue weighted by atomic mass is 10.0. The van der Waals surface area contributed by atoms with E-state index in [-0.39, 0.29) is 11.8 Å². The van der Waals surface area contributed by atoms with Crippen molar-refractivity contribution in [2.24, 2.45) is 5.73 Å². The Kier molecular flexibility index (Phi) is 6.99. The number of rotatable bonds is 8. The lowest BCUT2D eigenvalue weighted by Crippen LogP contribution is -2.21. The zero-order valence-electron chi connectivity index (χ0n) is 11.9. The summed E-state index contributed by atoms with van der Waals surface area (Å²) in [4.78, 5) is 0. The average molecular weight is 364 g/mol. The van der Waals surface area contributed by atoms with Crippen molar-refractivity contribution >= 4 is 25.8 Å². The summed E-state index contributed by atoms with van der Waals surface area (Å²) in [5.74, 6) is 0.900. The summed E-state index contributed by atoms with van der Waals surface area (Å²) >= 11 is 3.51. The van der Waals surface area contributed by atoms with Crippen molar-refractivity contribution < 1.29 is 13.2 Å². The zero-order chi connectivity index (χ0) is 15.2. The molecule has 0 amide bonds. The number of benzene rings is 1. The van der Waals surface area contributed by atoms with Gasteiger partial charge in [0, 0.05) is 16.8 Å². The molecule has 1 unspecified atom stereocenters. The molecule has 4 nitrogen and oxygen atoms in total. The molecule has 20 heavy (non-hydrogen) atoms. The van der Waals surface area contributed by atoms with Crippen LogP contribution in [0.4, 0.5) is 0 Å². The van der Waals surface area contributed by atoms with Gasteiger partial charge in [-0.3, -0.25) is 0 Å². The van der Waals surface area contributed by atoms with Crippen molar-refractivity contribution in [3.63, 3.8) is 0 Å². The Bertz CT molecular complexity index is 531. The molecular weight excluding hydrogens is 342 g/mol. The van der Waals surface area contributed by atoms with E-state index in [4.69, 9.17) is 10.5 Å². The largest absolute Gasteiger partial charge is 0.494 e. The van der Waals surface area contributed by atoms with Gasteiger partial charge in [-0.1, -0.05) is 22.9 Å². The van der Waals surface area contributed by atoms with Crippen molar-refractivity contribution in [3.8, 4) is 5.75 Å². The summed E-state index contributed by atoms with van der Waals surface area (Å²) in [6, 6.07) is 5.89.